The van der Waals surface area contributed by atoms with E-state index in [-0.39, 0.29) is 18.5 Å². The molecule has 2 aromatic carbocycles. The first-order valence-electron chi connectivity index (χ1n) is 6.76. The van der Waals surface area contributed by atoms with Gasteiger partial charge in [-0.1, -0.05) is 37.3 Å². The van der Waals surface area contributed by atoms with Gasteiger partial charge in [0.2, 0.25) is 0 Å². The van der Waals surface area contributed by atoms with Crippen LogP contribution in [-0.4, -0.2) is 12.6 Å². The molecule has 0 spiro atoms. The number of rotatable bonds is 3. The maximum Gasteiger partial charge on any atom is 0.258 e. The Kier molecular flexibility index (Phi) is 3.26. The molecule has 3 heteroatoms. The van der Waals surface area contributed by atoms with Crippen LogP contribution >= 0.6 is 0 Å². The van der Waals surface area contributed by atoms with Crippen molar-refractivity contribution >= 4 is 11.6 Å². The van der Waals surface area contributed by atoms with E-state index in [9.17, 15) is 9.18 Å². The summed E-state index contributed by atoms with van der Waals surface area (Å²) in [7, 11) is 0. The summed E-state index contributed by atoms with van der Waals surface area (Å²) in [5, 5.41) is 0. The fourth-order valence-electron chi connectivity index (χ4n) is 2.53. The van der Waals surface area contributed by atoms with Crippen LogP contribution in [-0.2, 0) is 6.54 Å². The summed E-state index contributed by atoms with van der Waals surface area (Å²) in [5.41, 5.74) is 3.65. The second-order valence-corrected chi connectivity index (χ2v) is 5.20. The number of carbonyl (C=O) groups excluding carboxylic acids is 1. The van der Waals surface area contributed by atoms with E-state index in [0.717, 1.165) is 22.4 Å². The average Bonchev–Trinajstić information content (AvgIpc) is 2.84. The molecule has 0 N–H and O–H groups in total. The molecule has 1 heterocycles. The van der Waals surface area contributed by atoms with Gasteiger partial charge in [-0.3, -0.25) is 9.18 Å². The minimum Gasteiger partial charge on any atom is -0.304 e. The number of benzene rings is 2. The monoisotopic (exact) mass is 269 g/mol. The van der Waals surface area contributed by atoms with Gasteiger partial charge in [0.25, 0.3) is 5.91 Å². The van der Waals surface area contributed by atoms with Gasteiger partial charge in [0.05, 0.1) is 13.2 Å². The zero-order valence-electron chi connectivity index (χ0n) is 11.3. The molecule has 2 nitrogen and oxygen atoms in total. The lowest BCUT2D eigenvalue weighted by molar-refractivity contribution is 0.0996. The van der Waals surface area contributed by atoms with Crippen molar-refractivity contribution < 1.29 is 9.18 Å². The van der Waals surface area contributed by atoms with Crippen molar-refractivity contribution in [2.75, 3.05) is 11.6 Å². The van der Waals surface area contributed by atoms with Crippen molar-refractivity contribution in [2.45, 2.75) is 19.4 Å². The summed E-state index contributed by atoms with van der Waals surface area (Å²) in [6.45, 7) is 2.09. The maximum absolute atomic E-state index is 12.7. The van der Waals surface area contributed by atoms with Gasteiger partial charge in [0, 0.05) is 17.2 Å². The summed E-state index contributed by atoms with van der Waals surface area (Å²) in [6, 6.07) is 15.3. The van der Waals surface area contributed by atoms with Crippen molar-refractivity contribution in [1.82, 2.24) is 0 Å². The van der Waals surface area contributed by atoms with Gasteiger partial charge in [-0.2, -0.15) is 0 Å². The molecule has 1 aliphatic rings. The molecule has 0 aromatic heterocycles. The molecule has 20 heavy (non-hydrogen) atoms. The molecule has 0 saturated heterocycles. The minimum absolute atomic E-state index is 0.0342. The number of halogens is 1. The van der Waals surface area contributed by atoms with Crippen LogP contribution in [0.25, 0.3) is 0 Å². The molecule has 0 saturated carbocycles. The van der Waals surface area contributed by atoms with E-state index in [1.807, 2.05) is 55.5 Å². The highest BCUT2D eigenvalue weighted by Crippen LogP contribution is 2.29. The molecule has 1 unspecified atom stereocenters. The Balaban J connectivity index is 1.87. The lowest BCUT2D eigenvalue weighted by atomic mass is 10.0. The highest BCUT2D eigenvalue weighted by molar-refractivity contribution is 6.09. The second-order valence-electron chi connectivity index (χ2n) is 5.20. The SMILES string of the molecule is CC(CF)c1ccc(N2Cc3ccccc3C2=O)cc1. The topological polar surface area (TPSA) is 20.3 Å². The zero-order valence-corrected chi connectivity index (χ0v) is 11.3. The van der Waals surface area contributed by atoms with Crippen molar-refractivity contribution in [3.05, 3.63) is 65.2 Å². The quantitative estimate of drug-likeness (QED) is 0.827. The molecule has 1 atom stereocenters. The molecule has 0 bridgehead atoms. The third-order valence-electron chi connectivity index (χ3n) is 3.83. The van der Waals surface area contributed by atoms with Crippen molar-refractivity contribution in [3.63, 3.8) is 0 Å². The number of carbonyl (C=O) groups is 1. The van der Waals surface area contributed by atoms with Gasteiger partial charge in [-0.25, -0.2) is 0 Å². The lowest BCUT2D eigenvalue weighted by Gasteiger charge is -2.17. The fourth-order valence-corrected chi connectivity index (χ4v) is 2.53. The molecule has 1 aliphatic heterocycles. The molecule has 0 fully saturated rings. The van der Waals surface area contributed by atoms with Gasteiger partial charge in [0.15, 0.2) is 0 Å². The molecular weight excluding hydrogens is 253 g/mol. The van der Waals surface area contributed by atoms with E-state index >= 15 is 0 Å². The second kappa shape index (κ2) is 5.08. The van der Waals surface area contributed by atoms with E-state index in [2.05, 4.69) is 0 Å². The minimum atomic E-state index is -0.368. The number of amides is 1. The summed E-state index contributed by atoms with van der Waals surface area (Å²) in [5.74, 6) is -0.0672. The number of nitrogens with zero attached hydrogens (tertiary/aromatic N) is 1. The Morgan fingerprint density at radius 3 is 2.50 bits per heavy atom. The highest BCUT2D eigenvalue weighted by atomic mass is 19.1. The molecule has 0 aliphatic carbocycles. The summed E-state index contributed by atoms with van der Waals surface area (Å²) >= 11 is 0. The number of hydrogen-bond acceptors (Lipinski definition) is 1. The van der Waals surface area contributed by atoms with Gasteiger partial charge in [0.1, 0.15) is 0 Å². The van der Waals surface area contributed by atoms with Gasteiger partial charge < -0.3 is 4.90 Å². The van der Waals surface area contributed by atoms with Gasteiger partial charge in [-0.05, 0) is 29.3 Å². The van der Waals surface area contributed by atoms with Crippen LogP contribution in [0.5, 0.6) is 0 Å². The predicted molar refractivity (Wildman–Crippen MR) is 77.8 cm³/mol. The molecule has 0 radical (unpaired) electrons. The third-order valence-corrected chi connectivity index (χ3v) is 3.83. The van der Waals surface area contributed by atoms with E-state index < -0.39 is 0 Å². The van der Waals surface area contributed by atoms with E-state index in [1.165, 1.54) is 0 Å². The van der Waals surface area contributed by atoms with Crippen LogP contribution in [0.2, 0.25) is 0 Å². The fraction of sp³-hybridized carbons (Fsp3) is 0.235. The zero-order chi connectivity index (χ0) is 14.1. The Morgan fingerprint density at radius 2 is 1.85 bits per heavy atom. The van der Waals surface area contributed by atoms with Crippen LogP contribution in [0, 0.1) is 0 Å². The number of alkyl halides is 1. The largest absolute Gasteiger partial charge is 0.304 e. The first-order valence-corrected chi connectivity index (χ1v) is 6.76. The molecular formula is C17H16FNO. The first-order chi connectivity index (χ1) is 9.70. The summed E-state index contributed by atoms with van der Waals surface area (Å²) in [4.78, 5) is 14.1. The Hall–Kier alpha value is -2.16. The lowest BCUT2D eigenvalue weighted by Crippen LogP contribution is -2.22. The van der Waals surface area contributed by atoms with Crippen LogP contribution in [0.4, 0.5) is 10.1 Å². The number of hydrogen-bond donors (Lipinski definition) is 0. The van der Waals surface area contributed by atoms with Crippen molar-refractivity contribution in [3.8, 4) is 0 Å². The molecule has 3 rings (SSSR count). The predicted octanol–water partition coefficient (Wildman–Crippen LogP) is 3.92. The Morgan fingerprint density at radius 1 is 1.15 bits per heavy atom. The summed E-state index contributed by atoms with van der Waals surface area (Å²) < 4.78 is 12.7. The normalized spacial score (nSPS) is 15.3. The van der Waals surface area contributed by atoms with E-state index in [4.69, 9.17) is 0 Å². The third kappa shape index (κ3) is 2.09. The summed E-state index contributed by atoms with van der Waals surface area (Å²) in [6.07, 6.45) is 0. The maximum atomic E-state index is 12.7. The number of anilines is 1. The molecule has 1 amide bonds. The highest BCUT2D eigenvalue weighted by Gasteiger charge is 2.27. The van der Waals surface area contributed by atoms with Crippen LogP contribution in [0.3, 0.4) is 0 Å². The first kappa shape index (κ1) is 12.9. The smallest absolute Gasteiger partial charge is 0.258 e. The Labute approximate surface area is 117 Å². The number of fused-ring (bicyclic) bond motifs is 1. The van der Waals surface area contributed by atoms with Crippen LogP contribution in [0.15, 0.2) is 48.5 Å². The Bertz CT molecular complexity index is 636. The van der Waals surface area contributed by atoms with E-state index in [1.54, 1.807) is 4.90 Å². The van der Waals surface area contributed by atoms with Crippen LogP contribution in [0.1, 0.15) is 34.3 Å². The van der Waals surface area contributed by atoms with Gasteiger partial charge >= 0.3 is 0 Å². The standard InChI is InChI=1S/C17H16FNO/c1-12(10-18)13-6-8-15(9-7-13)19-11-14-4-2-3-5-16(14)17(19)20/h2-9,12H,10-11H2,1H3. The molecule has 102 valence electrons. The van der Waals surface area contributed by atoms with Crippen LogP contribution < -0.4 is 4.90 Å². The van der Waals surface area contributed by atoms with Gasteiger partial charge in [-0.15, -0.1) is 0 Å². The van der Waals surface area contributed by atoms with Crippen molar-refractivity contribution in [1.29, 1.82) is 0 Å². The molecule has 2 aromatic rings. The van der Waals surface area contributed by atoms with E-state index in [0.29, 0.717) is 6.54 Å². The van der Waals surface area contributed by atoms with Crippen molar-refractivity contribution in [2.24, 2.45) is 0 Å². The average molecular weight is 269 g/mol.